The highest BCUT2D eigenvalue weighted by molar-refractivity contribution is 5.83. The van der Waals surface area contributed by atoms with E-state index in [1.807, 2.05) is 52.0 Å². The van der Waals surface area contributed by atoms with Crippen molar-refractivity contribution in [1.82, 2.24) is 0 Å². The predicted molar refractivity (Wildman–Crippen MR) is 88.2 cm³/mol. The summed E-state index contributed by atoms with van der Waals surface area (Å²) in [5, 5.41) is 0. The summed E-state index contributed by atoms with van der Waals surface area (Å²) in [6.45, 7) is 8.65. The van der Waals surface area contributed by atoms with E-state index in [-0.39, 0.29) is 0 Å². The quantitative estimate of drug-likeness (QED) is 0.657. The van der Waals surface area contributed by atoms with Gasteiger partial charge in [0.05, 0.1) is 0 Å². The van der Waals surface area contributed by atoms with E-state index in [0.717, 1.165) is 5.75 Å². The molecular formula is C19H24O. The number of ether oxygens (including phenoxy) is 1. The SMILES string of the molecule is C1=C(c2ccccc2)c2ccccc2OC1.CC.CC. The molecule has 1 aliphatic rings. The molecule has 0 bridgehead atoms. The van der Waals surface area contributed by atoms with E-state index >= 15 is 0 Å². The van der Waals surface area contributed by atoms with E-state index in [2.05, 4.69) is 36.4 Å². The van der Waals surface area contributed by atoms with Gasteiger partial charge in [-0.1, -0.05) is 76.2 Å². The average Bonchev–Trinajstić information content (AvgIpc) is 2.59. The second kappa shape index (κ2) is 8.98. The molecule has 2 aromatic carbocycles. The van der Waals surface area contributed by atoms with Gasteiger partial charge in [-0.15, -0.1) is 0 Å². The van der Waals surface area contributed by atoms with Gasteiger partial charge in [0.2, 0.25) is 0 Å². The Bertz CT molecular complexity index is 526. The lowest BCUT2D eigenvalue weighted by molar-refractivity contribution is 0.357. The Morgan fingerprint density at radius 3 is 2.05 bits per heavy atom. The lowest BCUT2D eigenvalue weighted by atomic mass is 9.96. The Balaban J connectivity index is 0.000000461. The van der Waals surface area contributed by atoms with Crippen LogP contribution >= 0.6 is 0 Å². The van der Waals surface area contributed by atoms with Crippen molar-refractivity contribution in [2.24, 2.45) is 0 Å². The van der Waals surface area contributed by atoms with Gasteiger partial charge in [-0.05, 0) is 23.3 Å². The van der Waals surface area contributed by atoms with E-state index in [0.29, 0.717) is 6.61 Å². The third kappa shape index (κ3) is 3.74. The Morgan fingerprint density at radius 2 is 1.35 bits per heavy atom. The lowest BCUT2D eigenvalue weighted by Gasteiger charge is -2.18. The first kappa shape index (κ1) is 16.0. The molecule has 0 fully saturated rings. The maximum Gasteiger partial charge on any atom is 0.127 e. The minimum atomic E-state index is 0.654. The molecule has 1 nitrogen and oxygen atoms in total. The van der Waals surface area contributed by atoms with Crippen LogP contribution in [0.25, 0.3) is 5.57 Å². The summed E-state index contributed by atoms with van der Waals surface area (Å²) in [4.78, 5) is 0. The molecule has 1 heterocycles. The van der Waals surface area contributed by atoms with Gasteiger partial charge in [-0.3, -0.25) is 0 Å². The zero-order chi connectivity index (χ0) is 14.8. The number of fused-ring (bicyclic) bond motifs is 1. The molecule has 0 spiro atoms. The third-order valence-corrected chi connectivity index (χ3v) is 2.79. The second-order valence-electron chi connectivity index (χ2n) is 3.79. The van der Waals surface area contributed by atoms with Crippen LogP contribution in [0.4, 0.5) is 0 Å². The van der Waals surface area contributed by atoms with Gasteiger partial charge in [0, 0.05) is 5.56 Å². The van der Waals surface area contributed by atoms with E-state index in [1.165, 1.54) is 16.7 Å². The van der Waals surface area contributed by atoms with Crippen LogP contribution in [-0.2, 0) is 0 Å². The van der Waals surface area contributed by atoms with Crippen molar-refractivity contribution in [1.29, 1.82) is 0 Å². The van der Waals surface area contributed by atoms with Crippen LogP contribution in [-0.4, -0.2) is 6.61 Å². The van der Waals surface area contributed by atoms with E-state index in [4.69, 9.17) is 4.74 Å². The van der Waals surface area contributed by atoms with E-state index in [1.54, 1.807) is 0 Å². The Morgan fingerprint density at radius 1 is 0.750 bits per heavy atom. The van der Waals surface area contributed by atoms with Crippen molar-refractivity contribution < 1.29 is 4.74 Å². The van der Waals surface area contributed by atoms with Crippen molar-refractivity contribution in [3.63, 3.8) is 0 Å². The molecule has 0 atom stereocenters. The molecule has 20 heavy (non-hydrogen) atoms. The number of rotatable bonds is 1. The summed E-state index contributed by atoms with van der Waals surface area (Å²) in [6.07, 6.45) is 2.14. The van der Waals surface area contributed by atoms with Crippen molar-refractivity contribution >= 4 is 5.57 Å². The Hall–Kier alpha value is -2.02. The van der Waals surface area contributed by atoms with Gasteiger partial charge in [-0.25, -0.2) is 0 Å². The topological polar surface area (TPSA) is 9.23 Å². The fraction of sp³-hybridized carbons (Fsp3) is 0.263. The van der Waals surface area contributed by atoms with Crippen molar-refractivity contribution in [3.05, 3.63) is 71.8 Å². The minimum Gasteiger partial charge on any atom is -0.489 e. The van der Waals surface area contributed by atoms with Crippen LogP contribution in [0.1, 0.15) is 38.8 Å². The monoisotopic (exact) mass is 268 g/mol. The summed E-state index contributed by atoms with van der Waals surface area (Å²) in [5.74, 6) is 0.976. The molecule has 0 unspecified atom stereocenters. The van der Waals surface area contributed by atoms with Crippen LogP contribution in [0.15, 0.2) is 60.7 Å². The molecule has 106 valence electrons. The zero-order valence-corrected chi connectivity index (χ0v) is 12.9. The van der Waals surface area contributed by atoms with Gasteiger partial charge in [0.15, 0.2) is 0 Å². The summed E-state index contributed by atoms with van der Waals surface area (Å²) in [7, 11) is 0. The lowest BCUT2D eigenvalue weighted by Crippen LogP contribution is -2.04. The molecule has 0 radical (unpaired) electrons. The summed E-state index contributed by atoms with van der Waals surface area (Å²) >= 11 is 0. The highest BCUT2D eigenvalue weighted by Gasteiger charge is 2.13. The molecule has 0 N–H and O–H groups in total. The van der Waals surface area contributed by atoms with Crippen molar-refractivity contribution in [3.8, 4) is 5.75 Å². The van der Waals surface area contributed by atoms with Gasteiger partial charge < -0.3 is 4.74 Å². The molecule has 2 aromatic rings. The van der Waals surface area contributed by atoms with Crippen LogP contribution in [0.2, 0.25) is 0 Å². The molecule has 0 saturated carbocycles. The first-order valence-electron chi connectivity index (χ1n) is 7.43. The van der Waals surface area contributed by atoms with E-state index in [9.17, 15) is 0 Å². The number of benzene rings is 2. The Kier molecular flexibility index (Phi) is 7.20. The van der Waals surface area contributed by atoms with Crippen LogP contribution in [0.3, 0.4) is 0 Å². The molecule has 0 amide bonds. The maximum absolute atomic E-state index is 5.60. The first-order chi connectivity index (χ1) is 9.95. The van der Waals surface area contributed by atoms with Gasteiger partial charge in [-0.2, -0.15) is 0 Å². The predicted octanol–water partition coefficient (Wildman–Crippen LogP) is 5.56. The highest BCUT2D eigenvalue weighted by Crippen LogP contribution is 2.33. The third-order valence-electron chi connectivity index (χ3n) is 2.79. The van der Waals surface area contributed by atoms with Gasteiger partial charge >= 0.3 is 0 Å². The first-order valence-corrected chi connectivity index (χ1v) is 7.43. The van der Waals surface area contributed by atoms with Crippen LogP contribution in [0.5, 0.6) is 5.75 Å². The van der Waals surface area contributed by atoms with Crippen LogP contribution in [0, 0.1) is 0 Å². The minimum absolute atomic E-state index is 0.654. The fourth-order valence-corrected chi connectivity index (χ4v) is 2.03. The van der Waals surface area contributed by atoms with E-state index < -0.39 is 0 Å². The summed E-state index contributed by atoms with van der Waals surface area (Å²) in [5.41, 5.74) is 3.70. The number of para-hydroxylation sites is 1. The van der Waals surface area contributed by atoms with Crippen molar-refractivity contribution in [2.45, 2.75) is 27.7 Å². The molecule has 0 saturated heterocycles. The van der Waals surface area contributed by atoms with Crippen molar-refractivity contribution in [2.75, 3.05) is 6.61 Å². The molecule has 0 aromatic heterocycles. The van der Waals surface area contributed by atoms with Crippen LogP contribution < -0.4 is 4.74 Å². The molecule has 1 aliphatic heterocycles. The summed E-state index contributed by atoms with van der Waals surface area (Å²) < 4.78 is 5.60. The normalized spacial score (nSPS) is 11.5. The van der Waals surface area contributed by atoms with Gasteiger partial charge in [0.1, 0.15) is 12.4 Å². The molecular weight excluding hydrogens is 244 g/mol. The molecule has 3 rings (SSSR count). The number of hydrogen-bond acceptors (Lipinski definition) is 1. The molecule has 0 aliphatic carbocycles. The maximum atomic E-state index is 5.60. The largest absolute Gasteiger partial charge is 0.489 e. The standard InChI is InChI=1S/C15H12O.2C2H6/c1-2-6-12(7-3-1)13-10-11-16-15-9-5-4-8-14(13)15;2*1-2/h1-10H,11H2;2*1-2H3. The van der Waals surface area contributed by atoms with Gasteiger partial charge in [0.25, 0.3) is 0 Å². The highest BCUT2D eigenvalue weighted by atomic mass is 16.5. The Labute approximate surface area is 122 Å². The zero-order valence-electron chi connectivity index (χ0n) is 12.9. The second-order valence-corrected chi connectivity index (χ2v) is 3.79. The smallest absolute Gasteiger partial charge is 0.127 e. The number of hydrogen-bond donors (Lipinski definition) is 0. The fourth-order valence-electron chi connectivity index (χ4n) is 2.03. The molecule has 1 heteroatoms. The summed E-state index contributed by atoms with van der Waals surface area (Å²) in [6, 6.07) is 18.6. The average molecular weight is 268 g/mol.